The molecule has 1 amide bonds. The largest absolute Gasteiger partial charge is 0.493 e. The third kappa shape index (κ3) is 5.93. The molecule has 0 unspecified atom stereocenters. The number of aromatic nitrogens is 4. The van der Waals surface area contributed by atoms with Gasteiger partial charge < -0.3 is 20.2 Å². The van der Waals surface area contributed by atoms with Gasteiger partial charge in [-0.05, 0) is 50.5 Å². The fourth-order valence-electron chi connectivity index (χ4n) is 4.17. The van der Waals surface area contributed by atoms with Crippen molar-refractivity contribution in [3.8, 4) is 28.4 Å². The Balaban J connectivity index is 1.70. The molecule has 0 spiro atoms. The molecule has 15 heteroatoms. The predicted octanol–water partition coefficient (Wildman–Crippen LogP) is 5.04. The average Bonchev–Trinajstić information content (AvgIpc) is 3.30. The molecule has 0 saturated heterocycles. The second-order valence-corrected chi connectivity index (χ2v) is 10.4. The maximum Gasteiger partial charge on any atom is 0.420 e. The zero-order valence-electron chi connectivity index (χ0n) is 22.0. The van der Waals surface area contributed by atoms with Gasteiger partial charge in [0.1, 0.15) is 16.9 Å². The van der Waals surface area contributed by atoms with Crippen LogP contribution in [0.2, 0.25) is 0 Å². The van der Waals surface area contributed by atoms with Gasteiger partial charge in [0.2, 0.25) is 0 Å². The lowest BCUT2D eigenvalue weighted by atomic mass is 10.00. The molecule has 1 aliphatic heterocycles. The number of carbonyl (C=O) groups is 1. The molecule has 214 valence electrons. The smallest absolute Gasteiger partial charge is 0.420 e. The first-order valence-electron chi connectivity index (χ1n) is 12.0. The highest BCUT2D eigenvalue weighted by Crippen LogP contribution is 2.44. The van der Waals surface area contributed by atoms with Gasteiger partial charge in [-0.15, -0.1) is 3.89 Å². The molecule has 1 aliphatic rings. The number of halogens is 4. The number of nitrogens with zero attached hydrogens (tertiary/aromatic N) is 5. The number of nitrogen functional groups attached to an aromatic ring is 1. The Bertz CT molecular complexity index is 1510. The zero-order valence-corrected chi connectivity index (χ0v) is 22.9. The van der Waals surface area contributed by atoms with Crippen molar-refractivity contribution < 1.29 is 31.3 Å². The van der Waals surface area contributed by atoms with E-state index in [1.54, 1.807) is 31.7 Å². The summed E-state index contributed by atoms with van der Waals surface area (Å²) in [5.41, 5.74) is -2.07. The van der Waals surface area contributed by atoms with Gasteiger partial charge in [0.25, 0.3) is 0 Å². The van der Waals surface area contributed by atoms with Crippen LogP contribution >= 0.6 is 12.3 Å². The molecule has 0 saturated carbocycles. The lowest BCUT2D eigenvalue weighted by Crippen LogP contribution is -2.39. The molecule has 40 heavy (non-hydrogen) atoms. The minimum atomic E-state index is -4.94. The fourth-order valence-corrected chi connectivity index (χ4v) is 4.55. The minimum Gasteiger partial charge on any atom is -0.493 e. The Kier molecular flexibility index (Phi) is 7.87. The van der Waals surface area contributed by atoms with Crippen LogP contribution in [0.5, 0.6) is 5.75 Å². The van der Waals surface area contributed by atoms with E-state index in [1.165, 1.54) is 19.4 Å². The Morgan fingerprint density at radius 3 is 2.45 bits per heavy atom. The van der Waals surface area contributed by atoms with Gasteiger partial charge in [0, 0.05) is 31.0 Å². The topological polar surface area (TPSA) is 124 Å². The second kappa shape index (κ2) is 10.9. The number of alkyl halides is 3. The van der Waals surface area contributed by atoms with E-state index >= 15 is 0 Å². The normalized spacial score (nSPS) is 14.2. The molecule has 3 N–H and O–H groups in total. The van der Waals surface area contributed by atoms with Crippen LogP contribution in [0.15, 0.2) is 36.7 Å². The molecule has 0 aliphatic carbocycles. The number of nitrogens with one attached hydrogen (secondary N) is 1. The summed E-state index contributed by atoms with van der Waals surface area (Å²) in [6, 6.07) is 4.13. The van der Waals surface area contributed by atoms with E-state index in [9.17, 15) is 21.9 Å². The number of nitrogens with two attached hydrogens (primary N) is 1. The molecule has 0 atom stereocenters. The maximum absolute atomic E-state index is 14.4. The first-order valence-corrected chi connectivity index (χ1v) is 12.6. The summed E-state index contributed by atoms with van der Waals surface area (Å²) < 4.78 is 68.8. The standard InChI is InChI=1S/C25H27F4N7O3S/c1-24(2,3)39-23(37)34-9-7-14(8-10-34)15-5-6-17(32-12-15)20-19(25(26,27)28)21(36(33-20)40-29)16-11-18(38-4)22(30)35(31)13-16/h5-7,11-13,30H,8-10,31H2,1-4H3. The molecule has 3 aromatic rings. The fraction of sp³-hybridized carbons (Fsp3) is 0.360. The Hall–Kier alpha value is -4.01. The molecule has 0 bridgehead atoms. The van der Waals surface area contributed by atoms with Crippen LogP contribution < -0.4 is 16.1 Å². The van der Waals surface area contributed by atoms with Gasteiger partial charge in [-0.25, -0.2) is 9.47 Å². The van der Waals surface area contributed by atoms with Crippen LogP contribution in [-0.4, -0.2) is 55.6 Å². The number of methoxy groups -OCH3 is 1. The van der Waals surface area contributed by atoms with Crippen LogP contribution in [0.4, 0.5) is 21.9 Å². The SMILES string of the molecule is COc1cc(-c2c(C(F)(F)F)c(-c3ccc(C4=CCN(C(=O)OC(C)(C)C)CC4)cn3)nn2SF)cn(N)c1=N. The Morgan fingerprint density at radius 2 is 1.93 bits per heavy atom. The summed E-state index contributed by atoms with van der Waals surface area (Å²) in [4.78, 5) is 18.1. The van der Waals surface area contributed by atoms with Gasteiger partial charge in [-0.2, -0.15) is 22.4 Å². The highest BCUT2D eigenvalue weighted by Gasteiger charge is 2.42. The number of pyridine rings is 2. The molecule has 10 nitrogen and oxygen atoms in total. The van der Waals surface area contributed by atoms with Crippen molar-refractivity contribution in [1.29, 1.82) is 5.41 Å². The van der Waals surface area contributed by atoms with Gasteiger partial charge in [0.05, 0.1) is 18.5 Å². The molecule has 0 aromatic carbocycles. The predicted molar refractivity (Wildman–Crippen MR) is 141 cm³/mol. The second-order valence-electron chi connectivity index (χ2n) is 9.90. The zero-order chi connectivity index (χ0) is 29.4. The highest BCUT2D eigenvalue weighted by atomic mass is 32.2. The maximum atomic E-state index is 14.4. The molecule has 4 heterocycles. The van der Waals surface area contributed by atoms with Crippen LogP contribution in [0.1, 0.15) is 38.3 Å². The van der Waals surface area contributed by atoms with E-state index < -0.39 is 47.2 Å². The van der Waals surface area contributed by atoms with Gasteiger partial charge >= 0.3 is 12.3 Å². The number of carbonyl (C=O) groups excluding carboxylic acids is 1. The number of hydrogen-bond acceptors (Lipinski definition) is 8. The summed E-state index contributed by atoms with van der Waals surface area (Å²) in [6.45, 7) is 6.07. The molecule has 0 fully saturated rings. The van der Waals surface area contributed by atoms with Gasteiger partial charge in [0.15, 0.2) is 23.6 Å². The van der Waals surface area contributed by atoms with E-state index in [0.29, 0.717) is 29.2 Å². The van der Waals surface area contributed by atoms with Crippen molar-refractivity contribution in [2.45, 2.75) is 39.0 Å². The number of amides is 1. The van der Waals surface area contributed by atoms with Crippen molar-refractivity contribution >= 4 is 24.0 Å². The molecule has 3 aromatic heterocycles. The number of ether oxygens (including phenoxy) is 2. The van der Waals surface area contributed by atoms with E-state index in [1.807, 2.05) is 6.08 Å². The van der Waals surface area contributed by atoms with E-state index in [4.69, 9.17) is 20.7 Å². The first kappa shape index (κ1) is 29.0. The summed E-state index contributed by atoms with van der Waals surface area (Å²) in [7, 11) is 1.23. The van der Waals surface area contributed by atoms with Crippen molar-refractivity contribution in [3.05, 3.63) is 53.3 Å². The third-order valence-corrected chi connectivity index (χ3v) is 6.39. The van der Waals surface area contributed by atoms with E-state index in [-0.39, 0.29) is 22.5 Å². The van der Waals surface area contributed by atoms with E-state index in [2.05, 4.69) is 10.1 Å². The van der Waals surface area contributed by atoms with Crippen LogP contribution in [0, 0.1) is 5.41 Å². The van der Waals surface area contributed by atoms with Crippen molar-refractivity contribution in [1.82, 2.24) is 23.7 Å². The molecular formula is C25H27F4N7O3S. The van der Waals surface area contributed by atoms with Gasteiger partial charge in [-0.1, -0.05) is 12.1 Å². The van der Waals surface area contributed by atoms with Crippen molar-refractivity contribution in [2.24, 2.45) is 0 Å². The van der Waals surface area contributed by atoms with Crippen molar-refractivity contribution in [2.75, 3.05) is 26.0 Å². The van der Waals surface area contributed by atoms with E-state index in [0.717, 1.165) is 22.5 Å². The average molecular weight is 582 g/mol. The Morgan fingerprint density at radius 1 is 1.20 bits per heavy atom. The molecule has 4 rings (SSSR count). The summed E-state index contributed by atoms with van der Waals surface area (Å²) in [6.07, 6.45) is -0.565. The lowest BCUT2D eigenvalue weighted by molar-refractivity contribution is -0.136. The number of rotatable bonds is 5. The highest BCUT2D eigenvalue weighted by molar-refractivity contribution is 7.92. The summed E-state index contributed by atoms with van der Waals surface area (Å²) in [5.74, 6) is 5.62. The van der Waals surface area contributed by atoms with Crippen LogP contribution in [-0.2, 0) is 10.9 Å². The van der Waals surface area contributed by atoms with Crippen molar-refractivity contribution in [3.63, 3.8) is 0 Å². The monoisotopic (exact) mass is 581 g/mol. The summed E-state index contributed by atoms with van der Waals surface area (Å²) >= 11 is -0.520. The Labute approximate surface area is 231 Å². The minimum absolute atomic E-state index is 0.111. The van der Waals surface area contributed by atoms with Crippen LogP contribution in [0.3, 0.4) is 0 Å². The van der Waals surface area contributed by atoms with Gasteiger partial charge in [-0.3, -0.25) is 10.4 Å². The quantitative estimate of drug-likeness (QED) is 0.320. The number of hydrogen-bond donors (Lipinski definition) is 2. The first-order chi connectivity index (χ1) is 18.7. The third-order valence-electron chi connectivity index (χ3n) is 5.99. The van der Waals surface area contributed by atoms with Crippen LogP contribution in [0.25, 0.3) is 28.2 Å². The summed E-state index contributed by atoms with van der Waals surface area (Å²) in [5, 5.41) is 11.8. The lowest BCUT2D eigenvalue weighted by Gasteiger charge is -2.29. The molecule has 0 radical (unpaired) electrons. The molecular weight excluding hydrogens is 554 g/mol.